The molecule has 0 radical (unpaired) electrons. The molecular formula is C20H23F5N4O4. The van der Waals surface area contributed by atoms with Crippen molar-refractivity contribution in [2.75, 3.05) is 36.5 Å². The molecule has 2 fully saturated rings. The first-order valence-electron chi connectivity index (χ1n) is 10.2. The normalized spacial score (nSPS) is 18.4. The van der Waals surface area contributed by atoms with Gasteiger partial charge in [0.1, 0.15) is 6.61 Å². The van der Waals surface area contributed by atoms with Crippen molar-refractivity contribution in [3.05, 3.63) is 23.8 Å². The zero-order valence-electron chi connectivity index (χ0n) is 17.4. The molecule has 3 rings (SSSR count). The first-order valence-corrected chi connectivity index (χ1v) is 10.2. The highest BCUT2D eigenvalue weighted by molar-refractivity contribution is 6.09. The van der Waals surface area contributed by atoms with Crippen LogP contribution >= 0.6 is 0 Å². The number of carbonyl (C=O) groups is 3. The van der Waals surface area contributed by atoms with Gasteiger partial charge in [0.2, 0.25) is 5.91 Å². The van der Waals surface area contributed by atoms with Gasteiger partial charge in [-0.05, 0) is 31.0 Å². The summed E-state index contributed by atoms with van der Waals surface area (Å²) < 4.78 is 71.6. The average molecular weight is 478 g/mol. The van der Waals surface area contributed by atoms with Gasteiger partial charge in [0.25, 0.3) is 18.2 Å². The Morgan fingerprint density at radius 1 is 1.27 bits per heavy atom. The van der Waals surface area contributed by atoms with E-state index >= 15 is 0 Å². The lowest BCUT2D eigenvalue weighted by atomic mass is 9.90. The van der Waals surface area contributed by atoms with Crippen LogP contribution in [0.3, 0.4) is 0 Å². The molecule has 8 nitrogen and oxygen atoms in total. The van der Waals surface area contributed by atoms with Gasteiger partial charge in [-0.15, -0.1) is 0 Å². The molecule has 1 saturated heterocycles. The molecule has 1 aliphatic carbocycles. The number of alkyl halides is 5. The number of rotatable bonds is 8. The van der Waals surface area contributed by atoms with Crippen LogP contribution in [0.15, 0.2) is 18.2 Å². The number of nitrogens with one attached hydrogen (secondary N) is 1. The maximum Gasteiger partial charge on any atom is 0.401 e. The zero-order chi connectivity index (χ0) is 24.3. The van der Waals surface area contributed by atoms with Gasteiger partial charge < -0.3 is 20.7 Å². The van der Waals surface area contributed by atoms with Crippen LogP contribution in [0.4, 0.5) is 33.3 Å². The number of nitrogens with two attached hydrogens (primary N) is 1. The van der Waals surface area contributed by atoms with Crippen molar-refractivity contribution in [1.29, 1.82) is 0 Å². The minimum atomic E-state index is -4.68. The number of carbonyl (C=O) groups excluding carboxylic acids is 3. The number of anilines is 2. The molecule has 0 spiro atoms. The summed E-state index contributed by atoms with van der Waals surface area (Å²) in [6.07, 6.45) is -6.32. The van der Waals surface area contributed by atoms with Crippen molar-refractivity contribution in [3.63, 3.8) is 0 Å². The van der Waals surface area contributed by atoms with Crippen molar-refractivity contribution in [3.8, 4) is 0 Å². The van der Waals surface area contributed by atoms with E-state index in [1.165, 1.54) is 12.1 Å². The molecule has 1 aromatic carbocycles. The number of halogens is 5. The topological polar surface area (TPSA) is 105 Å². The smallest absolute Gasteiger partial charge is 0.370 e. The maximum absolute atomic E-state index is 13.7. The maximum atomic E-state index is 13.7. The number of amides is 3. The van der Waals surface area contributed by atoms with Crippen LogP contribution in [-0.4, -0.2) is 67.2 Å². The third-order valence-electron chi connectivity index (χ3n) is 5.56. The standard InChI is InChI=1S/C20H23F5N4O4/c21-17(22)13-8-11(4-5-14(13)28-6-7-33-9-15(28)30)27-19(32)16(18(26)31)29(10-20(23,24)25)12-2-1-3-12/h4-5,8,12,16-17H,1-3,6-7,9-10H2,(H2,26,31)(H,27,32)/t16-/m1/s1. The summed E-state index contributed by atoms with van der Waals surface area (Å²) in [5.41, 5.74) is 4.45. The van der Waals surface area contributed by atoms with Crippen LogP contribution < -0.4 is 16.0 Å². The van der Waals surface area contributed by atoms with Crippen LogP contribution in [0.2, 0.25) is 0 Å². The van der Waals surface area contributed by atoms with Gasteiger partial charge in [0, 0.05) is 23.8 Å². The van der Waals surface area contributed by atoms with Crippen molar-refractivity contribution in [1.82, 2.24) is 4.90 Å². The van der Waals surface area contributed by atoms with Gasteiger partial charge in [-0.2, -0.15) is 13.2 Å². The Kier molecular flexibility index (Phi) is 7.52. The second-order valence-electron chi connectivity index (χ2n) is 7.84. The lowest BCUT2D eigenvalue weighted by molar-refractivity contribution is -0.165. The summed E-state index contributed by atoms with van der Waals surface area (Å²) in [5, 5.41) is 2.22. The van der Waals surface area contributed by atoms with Crippen molar-refractivity contribution >= 4 is 29.1 Å². The third kappa shape index (κ3) is 5.96. The lowest BCUT2D eigenvalue weighted by Crippen LogP contribution is -2.59. The molecule has 3 N–H and O–H groups in total. The Hall–Kier alpha value is -2.80. The van der Waals surface area contributed by atoms with Gasteiger partial charge in [-0.3, -0.25) is 19.3 Å². The first kappa shape index (κ1) is 24.8. The molecule has 0 aromatic heterocycles. The number of nitrogens with zero attached hydrogens (tertiary/aromatic N) is 2. The van der Waals surface area contributed by atoms with Crippen LogP contribution in [0.5, 0.6) is 0 Å². The predicted molar refractivity (Wildman–Crippen MR) is 107 cm³/mol. The summed E-state index contributed by atoms with van der Waals surface area (Å²) in [6.45, 7) is -1.57. The lowest BCUT2D eigenvalue weighted by Gasteiger charge is -2.40. The van der Waals surface area contributed by atoms with Crippen LogP contribution in [0.25, 0.3) is 0 Å². The van der Waals surface area contributed by atoms with Crippen LogP contribution in [0, 0.1) is 0 Å². The number of primary amides is 1. The third-order valence-corrected chi connectivity index (χ3v) is 5.56. The van der Waals surface area contributed by atoms with E-state index < -0.39 is 54.5 Å². The molecule has 0 unspecified atom stereocenters. The SMILES string of the molecule is NC(=O)[C@H](C(=O)Nc1ccc(N2CCOCC2=O)c(C(F)F)c1)N(CC(F)(F)F)C1CCC1. The van der Waals surface area contributed by atoms with Gasteiger partial charge in [0.05, 0.1) is 18.8 Å². The Morgan fingerprint density at radius 3 is 2.48 bits per heavy atom. The van der Waals surface area contributed by atoms with Crippen molar-refractivity contribution in [2.45, 2.75) is 43.9 Å². The summed E-state index contributed by atoms with van der Waals surface area (Å²) >= 11 is 0. The Bertz CT molecular complexity index is 907. The molecule has 3 amide bonds. The largest absolute Gasteiger partial charge is 0.401 e. The summed E-state index contributed by atoms with van der Waals surface area (Å²) in [7, 11) is 0. The summed E-state index contributed by atoms with van der Waals surface area (Å²) in [4.78, 5) is 38.6. The van der Waals surface area contributed by atoms with E-state index in [0.717, 1.165) is 11.0 Å². The first-order chi connectivity index (χ1) is 15.5. The Morgan fingerprint density at radius 2 is 1.97 bits per heavy atom. The Balaban J connectivity index is 1.85. The van der Waals surface area contributed by atoms with Crippen molar-refractivity contribution in [2.24, 2.45) is 5.73 Å². The second kappa shape index (κ2) is 10.00. The molecule has 1 atom stereocenters. The molecule has 182 valence electrons. The molecule has 1 saturated carbocycles. The molecule has 2 aliphatic rings. The quantitative estimate of drug-likeness (QED) is 0.440. The zero-order valence-corrected chi connectivity index (χ0v) is 17.4. The summed E-state index contributed by atoms with van der Waals surface area (Å²) in [5.74, 6) is -2.96. The minimum Gasteiger partial charge on any atom is -0.370 e. The molecular weight excluding hydrogens is 455 g/mol. The van der Waals surface area contributed by atoms with Crippen LogP contribution in [0.1, 0.15) is 31.3 Å². The van der Waals surface area contributed by atoms with Gasteiger partial charge in [-0.25, -0.2) is 8.78 Å². The van der Waals surface area contributed by atoms with E-state index in [1.807, 2.05) is 0 Å². The fraction of sp³-hybridized carbons (Fsp3) is 0.550. The highest BCUT2D eigenvalue weighted by atomic mass is 19.4. The molecule has 1 aromatic rings. The number of ether oxygens (including phenoxy) is 1. The minimum absolute atomic E-state index is 0.0573. The highest BCUT2D eigenvalue weighted by Crippen LogP contribution is 2.34. The van der Waals surface area contributed by atoms with E-state index in [0.29, 0.717) is 24.2 Å². The molecule has 13 heteroatoms. The van der Waals surface area contributed by atoms with E-state index in [9.17, 15) is 36.3 Å². The molecule has 33 heavy (non-hydrogen) atoms. The van der Waals surface area contributed by atoms with Crippen LogP contribution in [-0.2, 0) is 19.1 Å². The highest BCUT2D eigenvalue weighted by Gasteiger charge is 2.44. The number of morpholine rings is 1. The van der Waals surface area contributed by atoms with Gasteiger partial charge >= 0.3 is 6.18 Å². The monoisotopic (exact) mass is 478 g/mol. The number of hydrogen-bond acceptors (Lipinski definition) is 5. The molecule has 1 heterocycles. The fourth-order valence-corrected chi connectivity index (χ4v) is 3.84. The fourth-order valence-electron chi connectivity index (χ4n) is 3.84. The van der Waals surface area contributed by atoms with E-state index in [-0.39, 0.29) is 31.1 Å². The van der Waals surface area contributed by atoms with E-state index in [1.54, 1.807) is 0 Å². The van der Waals surface area contributed by atoms with E-state index in [4.69, 9.17) is 10.5 Å². The molecule has 1 aliphatic heterocycles. The average Bonchev–Trinajstić information content (AvgIpc) is 2.65. The number of benzene rings is 1. The van der Waals surface area contributed by atoms with Crippen molar-refractivity contribution < 1.29 is 41.1 Å². The second-order valence-corrected chi connectivity index (χ2v) is 7.84. The van der Waals surface area contributed by atoms with Gasteiger partial charge in [0.15, 0.2) is 6.04 Å². The molecule has 0 bridgehead atoms. The predicted octanol–water partition coefficient (Wildman–Crippen LogP) is 2.20. The van der Waals surface area contributed by atoms with E-state index in [2.05, 4.69) is 5.32 Å². The van der Waals surface area contributed by atoms with Gasteiger partial charge in [-0.1, -0.05) is 6.42 Å². The summed E-state index contributed by atoms with van der Waals surface area (Å²) in [6, 6.07) is 0.737. The number of hydrogen-bond donors (Lipinski definition) is 2. The Labute approximate surface area is 185 Å².